The van der Waals surface area contributed by atoms with Crippen LogP contribution in [0, 0.1) is 0 Å². The molecule has 3 rings (SSSR count). The van der Waals surface area contributed by atoms with E-state index in [9.17, 15) is 4.79 Å². The van der Waals surface area contributed by atoms with Crippen molar-refractivity contribution in [2.24, 2.45) is 0 Å². The number of benzene rings is 1. The van der Waals surface area contributed by atoms with Gasteiger partial charge in [-0.3, -0.25) is 9.48 Å². The number of aromatic nitrogens is 2. The summed E-state index contributed by atoms with van der Waals surface area (Å²) in [5, 5.41) is 4.26. The molecule has 128 valence electrons. The highest BCUT2D eigenvalue weighted by atomic mass is 16.2. The molecule has 1 aliphatic rings. The average Bonchev–Trinajstić information content (AvgIpc) is 3.16. The third kappa shape index (κ3) is 4.25. The van der Waals surface area contributed by atoms with Crippen molar-refractivity contribution in [1.29, 1.82) is 0 Å². The van der Waals surface area contributed by atoms with E-state index in [-0.39, 0.29) is 11.9 Å². The molecule has 0 radical (unpaired) electrons. The largest absolute Gasteiger partial charge is 0.340 e. The molecule has 0 bridgehead atoms. The second-order valence-corrected chi connectivity index (χ2v) is 6.80. The van der Waals surface area contributed by atoms with Gasteiger partial charge in [0.15, 0.2) is 0 Å². The first-order chi connectivity index (χ1) is 11.7. The van der Waals surface area contributed by atoms with Crippen LogP contribution in [0.25, 0.3) is 0 Å². The van der Waals surface area contributed by atoms with Gasteiger partial charge in [0.1, 0.15) is 0 Å². The summed E-state index contributed by atoms with van der Waals surface area (Å²) in [5.74, 6) is 0.274. The number of likely N-dealkylation sites (tertiary alicyclic amines) is 1. The van der Waals surface area contributed by atoms with E-state index in [4.69, 9.17) is 0 Å². The van der Waals surface area contributed by atoms with Crippen LogP contribution in [0.3, 0.4) is 0 Å². The number of nitrogens with zero attached hydrogens (tertiary/aromatic N) is 3. The van der Waals surface area contributed by atoms with Crippen LogP contribution in [0.5, 0.6) is 0 Å². The second-order valence-electron chi connectivity index (χ2n) is 6.80. The van der Waals surface area contributed by atoms with Crippen LogP contribution < -0.4 is 0 Å². The SMILES string of the molecule is C[C@H](CC(=O)N1CCCC[C@H]1CCc1ccccc1)n1cccn1. The predicted molar refractivity (Wildman–Crippen MR) is 95.7 cm³/mol. The highest BCUT2D eigenvalue weighted by Gasteiger charge is 2.27. The lowest BCUT2D eigenvalue weighted by molar-refractivity contribution is -0.135. The zero-order valence-electron chi connectivity index (χ0n) is 14.5. The van der Waals surface area contributed by atoms with Gasteiger partial charge in [0.2, 0.25) is 5.91 Å². The molecular weight excluding hydrogens is 298 g/mol. The first kappa shape index (κ1) is 16.7. The van der Waals surface area contributed by atoms with Crippen LogP contribution in [0.4, 0.5) is 0 Å². The second kappa shape index (κ2) is 8.13. The van der Waals surface area contributed by atoms with Crippen molar-refractivity contribution >= 4 is 5.91 Å². The minimum absolute atomic E-state index is 0.115. The van der Waals surface area contributed by atoms with Crippen LogP contribution in [0.2, 0.25) is 0 Å². The minimum atomic E-state index is 0.115. The normalized spacial score (nSPS) is 19.2. The average molecular weight is 325 g/mol. The Kier molecular flexibility index (Phi) is 5.68. The van der Waals surface area contributed by atoms with Crippen LogP contribution in [0.1, 0.15) is 50.6 Å². The lowest BCUT2D eigenvalue weighted by atomic mass is 9.95. The zero-order valence-corrected chi connectivity index (χ0v) is 14.5. The zero-order chi connectivity index (χ0) is 16.8. The summed E-state index contributed by atoms with van der Waals surface area (Å²) in [5.41, 5.74) is 1.36. The number of aryl methyl sites for hydroxylation is 1. The van der Waals surface area contributed by atoms with Gasteiger partial charge in [0.05, 0.1) is 6.04 Å². The molecular formula is C20H27N3O. The van der Waals surface area contributed by atoms with Gasteiger partial charge in [-0.25, -0.2) is 0 Å². The van der Waals surface area contributed by atoms with E-state index in [0.717, 1.165) is 32.2 Å². The van der Waals surface area contributed by atoms with Crippen molar-refractivity contribution in [3.8, 4) is 0 Å². The maximum Gasteiger partial charge on any atom is 0.224 e. The van der Waals surface area contributed by atoms with E-state index in [1.54, 1.807) is 6.20 Å². The van der Waals surface area contributed by atoms with E-state index < -0.39 is 0 Å². The Morgan fingerprint density at radius 3 is 2.83 bits per heavy atom. The molecule has 24 heavy (non-hydrogen) atoms. The molecule has 0 N–H and O–H groups in total. The number of carbonyl (C=O) groups is 1. The maximum atomic E-state index is 12.8. The fourth-order valence-corrected chi connectivity index (χ4v) is 3.61. The summed E-state index contributed by atoms with van der Waals surface area (Å²) in [4.78, 5) is 14.9. The molecule has 0 saturated carbocycles. The van der Waals surface area contributed by atoms with E-state index in [1.807, 2.05) is 16.9 Å². The summed E-state index contributed by atoms with van der Waals surface area (Å²) in [6.07, 6.45) is 9.83. The van der Waals surface area contributed by atoms with Gasteiger partial charge in [-0.15, -0.1) is 0 Å². The molecule has 1 aromatic heterocycles. The van der Waals surface area contributed by atoms with Gasteiger partial charge in [-0.05, 0) is 50.7 Å². The van der Waals surface area contributed by atoms with Crippen molar-refractivity contribution in [3.63, 3.8) is 0 Å². The van der Waals surface area contributed by atoms with Gasteiger partial charge >= 0.3 is 0 Å². The van der Waals surface area contributed by atoms with Crippen molar-refractivity contribution in [2.45, 2.75) is 57.5 Å². The van der Waals surface area contributed by atoms with Crippen LogP contribution in [0.15, 0.2) is 48.8 Å². The molecule has 4 heteroatoms. The van der Waals surface area contributed by atoms with Gasteiger partial charge in [0.25, 0.3) is 0 Å². The number of amides is 1. The van der Waals surface area contributed by atoms with Crippen molar-refractivity contribution in [1.82, 2.24) is 14.7 Å². The number of hydrogen-bond donors (Lipinski definition) is 0. The summed E-state index contributed by atoms with van der Waals surface area (Å²) in [7, 11) is 0. The molecule has 0 unspecified atom stereocenters. The summed E-state index contributed by atoms with van der Waals surface area (Å²) >= 11 is 0. The highest BCUT2D eigenvalue weighted by Crippen LogP contribution is 2.24. The molecule has 2 atom stereocenters. The highest BCUT2D eigenvalue weighted by molar-refractivity contribution is 5.77. The van der Waals surface area contributed by atoms with Gasteiger partial charge in [-0.2, -0.15) is 5.10 Å². The van der Waals surface area contributed by atoms with E-state index in [1.165, 1.54) is 12.0 Å². The van der Waals surface area contributed by atoms with Crippen molar-refractivity contribution < 1.29 is 4.79 Å². The standard InChI is InChI=1S/C20H27N3O/c1-17(23-15-7-13-21-23)16-20(24)22-14-6-5-10-19(22)12-11-18-8-3-2-4-9-18/h2-4,7-9,13,15,17,19H,5-6,10-12,14,16H2,1H3/t17-,19+/m1/s1. The van der Waals surface area contributed by atoms with E-state index in [0.29, 0.717) is 12.5 Å². The number of piperidine rings is 1. The van der Waals surface area contributed by atoms with Gasteiger partial charge in [0, 0.05) is 31.4 Å². The molecule has 4 nitrogen and oxygen atoms in total. The lowest BCUT2D eigenvalue weighted by Gasteiger charge is -2.36. The molecule has 0 spiro atoms. The first-order valence-electron chi connectivity index (χ1n) is 9.06. The van der Waals surface area contributed by atoms with Crippen LogP contribution in [-0.4, -0.2) is 33.2 Å². The maximum absolute atomic E-state index is 12.8. The summed E-state index contributed by atoms with van der Waals surface area (Å²) < 4.78 is 1.88. The number of hydrogen-bond acceptors (Lipinski definition) is 2. The van der Waals surface area contributed by atoms with E-state index >= 15 is 0 Å². The first-order valence-corrected chi connectivity index (χ1v) is 9.06. The van der Waals surface area contributed by atoms with Gasteiger partial charge in [-0.1, -0.05) is 30.3 Å². The van der Waals surface area contributed by atoms with Crippen LogP contribution in [-0.2, 0) is 11.2 Å². The third-order valence-corrected chi connectivity index (χ3v) is 5.00. The Bertz CT molecular complexity index is 624. The molecule has 1 aliphatic heterocycles. The number of carbonyl (C=O) groups excluding carboxylic acids is 1. The topological polar surface area (TPSA) is 38.1 Å². The molecule has 0 aliphatic carbocycles. The van der Waals surface area contributed by atoms with Gasteiger partial charge < -0.3 is 4.90 Å². The molecule has 2 heterocycles. The van der Waals surface area contributed by atoms with Crippen molar-refractivity contribution in [2.75, 3.05) is 6.54 Å². The molecule has 1 fully saturated rings. The Morgan fingerprint density at radius 2 is 2.08 bits per heavy atom. The van der Waals surface area contributed by atoms with Crippen LogP contribution >= 0.6 is 0 Å². The Hall–Kier alpha value is -2.10. The number of rotatable bonds is 6. The van der Waals surface area contributed by atoms with Crippen molar-refractivity contribution in [3.05, 3.63) is 54.4 Å². The smallest absolute Gasteiger partial charge is 0.224 e. The quantitative estimate of drug-likeness (QED) is 0.809. The monoisotopic (exact) mass is 325 g/mol. The summed E-state index contributed by atoms with van der Waals surface area (Å²) in [6, 6.07) is 13.0. The fourth-order valence-electron chi connectivity index (χ4n) is 3.61. The summed E-state index contributed by atoms with van der Waals surface area (Å²) in [6.45, 7) is 2.97. The van der Waals surface area contributed by atoms with E-state index in [2.05, 4.69) is 47.3 Å². The lowest BCUT2D eigenvalue weighted by Crippen LogP contribution is -2.44. The molecule has 1 saturated heterocycles. The Morgan fingerprint density at radius 1 is 1.25 bits per heavy atom. The molecule has 1 aromatic carbocycles. The molecule has 2 aromatic rings. The molecule has 1 amide bonds. The third-order valence-electron chi connectivity index (χ3n) is 5.00. The predicted octanol–water partition coefficient (Wildman–Crippen LogP) is 3.85. The Balaban J connectivity index is 1.58. The minimum Gasteiger partial charge on any atom is -0.340 e. The Labute approximate surface area is 144 Å². The fraction of sp³-hybridized carbons (Fsp3) is 0.500.